The minimum atomic E-state index is -0.692. The first-order valence-electron chi connectivity index (χ1n) is 13.1. The van der Waals surface area contributed by atoms with E-state index in [1.54, 1.807) is 24.3 Å². The van der Waals surface area contributed by atoms with Gasteiger partial charge in [0.05, 0.1) is 7.11 Å². The Labute approximate surface area is 209 Å². The van der Waals surface area contributed by atoms with Crippen LogP contribution in [-0.4, -0.2) is 7.11 Å². The Morgan fingerprint density at radius 1 is 1.09 bits per heavy atom. The Balaban J connectivity index is 1.50. The molecule has 2 aliphatic rings. The largest absolute Gasteiger partial charge is 0.497 e. The van der Waals surface area contributed by atoms with Crippen LogP contribution in [0.15, 0.2) is 60.3 Å². The van der Waals surface area contributed by atoms with Crippen LogP contribution < -0.4 is 0 Å². The third kappa shape index (κ3) is 7.77. The highest BCUT2D eigenvalue weighted by Gasteiger charge is 2.24. The summed E-state index contributed by atoms with van der Waals surface area (Å²) in [6.45, 7) is 5.66. The average Bonchev–Trinajstić information content (AvgIpc) is 2.88. The van der Waals surface area contributed by atoms with E-state index in [1.807, 2.05) is 0 Å². The summed E-state index contributed by atoms with van der Waals surface area (Å²) in [5.74, 6) is 0.318. The van der Waals surface area contributed by atoms with Crippen LogP contribution in [0.1, 0.15) is 82.3 Å². The molecular formula is C31H39F3O. The molecule has 2 aliphatic carbocycles. The first kappa shape index (κ1) is 27.1. The normalized spacial score (nSPS) is 23.5. The van der Waals surface area contributed by atoms with Crippen LogP contribution in [-0.2, 0) is 11.2 Å². The van der Waals surface area contributed by atoms with Crippen molar-refractivity contribution in [3.05, 3.63) is 83.1 Å². The summed E-state index contributed by atoms with van der Waals surface area (Å²) in [5.41, 5.74) is 4.46. The number of allylic oxidation sites excluding steroid dienone is 6. The Hall–Kier alpha value is -2.45. The molecule has 1 fully saturated rings. The smallest absolute Gasteiger partial charge is 0.166 e. The van der Waals surface area contributed by atoms with Crippen LogP contribution in [0, 0.1) is 29.4 Å². The fourth-order valence-corrected chi connectivity index (χ4v) is 5.42. The second kappa shape index (κ2) is 13.6. The van der Waals surface area contributed by atoms with Crippen LogP contribution in [0.3, 0.4) is 0 Å². The van der Waals surface area contributed by atoms with Gasteiger partial charge >= 0.3 is 0 Å². The van der Waals surface area contributed by atoms with E-state index in [0.717, 1.165) is 63.4 Å². The van der Waals surface area contributed by atoms with E-state index >= 15 is 0 Å². The molecule has 0 heterocycles. The van der Waals surface area contributed by atoms with E-state index in [9.17, 15) is 13.2 Å². The Kier molecular flexibility index (Phi) is 10.5. The summed E-state index contributed by atoms with van der Waals surface area (Å²) in [6, 6.07) is 3.54. The lowest BCUT2D eigenvalue weighted by Crippen LogP contribution is -2.16. The zero-order valence-corrected chi connectivity index (χ0v) is 21.2. The summed E-state index contributed by atoms with van der Waals surface area (Å²) in [7, 11) is 1.51. The maximum Gasteiger partial charge on any atom is 0.166 e. The van der Waals surface area contributed by atoms with Gasteiger partial charge in [0.15, 0.2) is 11.6 Å². The zero-order valence-electron chi connectivity index (χ0n) is 21.2. The molecule has 0 N–H and O–H groups in total. The van der Waals surface area contributed by atoms with Gasteiger partial charge in [-0.1, -0.05) is 51.0 Å². The molecular weight excluding hydrogens is 445 g/mol. The van der Waals surface area contributed by atoms with Crippen LogP contribution in [0.4, 0.5) is 13.2 Å². The van der Waals surface area contributed by atoms with Gasteiger partial charge < -0.3 is 4.74 Å². The highest BCUT2D eigenvalue weighted by atomic mass is 19.2. The van der Waals surface area contributed by atoms with Crippen molar-refractivity contribution in [1.29, 1.82) is 0 Å². The molecule has 1 nitrogen and oxygen atoms in total. The predicted octanol–water partition coefficient (Wildman–Crippen LogP) is 9.41. The third-order valence-corrected chi connectivity index (χ3v) is 7.78. The molecule has 0 saturated heterocycles. The van der Waals surface area contributed by atoms with E-state index in [0.29, 0.717) is 47.5 Å². The summed E-state index contributed by atoms with van der Waals surface area (Å²) >= 11 is 0. The predicted molar refractivity (Wildman–Crippen MR) is 138 cm³/mol. The molecule has 1 atom stereocenters. The number of ether oxygens (including phenoxy) is 1. The Morgan fingerprint density at radius 3 is 2.46 bits per heavy atom. The SMILES string of the molecule is C=C=C/C=C(\C=C(\F)CC1CCC(CCc2ccc(C3=CCC(CC)CC3)c(F)c2F)CC1)OC. The molecule has 0 radical (unpaired) electrons. The molecule has 190 valence electrons. The summed E-state index contributed by atoms with van der Waals surface area (Å²) in [5, 5.41) is 0. The first-order valence-corrected chi connectivity index (χ1v) is 13.1. The first-order chi connectivity index (χ1) is 16.9. The molecule has 0 aliphatic heterocycles. The summed E-state index contributed by atoms with van der Waals surface area (Å²) in [4.78, 5) is 0. The summed E-state index contributed by atoms with van der Waals surface area (Å²) < 4.78 is 49.3. The van der Waals surface area contributed by atoms with E-state index in [4.69, 9.17) is 4.74 Å². The van der Waals surface area contributed by atoms with Crippen molar-refractivity contribution in [2.75, 3.05) is 7.11 Å². The number of halogens is 3. The molecule has 35 heavy (non-hydrogen) atoms. The van der Waals surface area contributed by atoms with Gasteiger partial charge in [0, 0.05) is 18.1 Å². The molecule has 1 aromatic rings. The lowest BCUT2D eigenvalue weighted by Gasteiger charge is -2.28. The van der Waals surface area contributed by atoms with Crippen molar-refractivity contribution >= 4 is 5.57 Å². The molecule has 4 heteroatoms. The van der Waals surface area contributed by atoms with Crippen LogP contribution in [0.2, 0.25) is 0 Å². The van der Waals surface area contributed by atoms with Crippen molar-refractivity contribution in [3.63, 3.8) is 0 Å². The van der Waals surface area contributed by atoms with Crippen molar-refractivity contribution < 1.29 is 17.9 Å². The molecule has 0 aromatic heterocycles. The molecule has 1 aromatic carbocycles. The number of aryl methyl sites for hydroxylation is 1. The minimum Gasteiger partial charge on any atom is -0.497 e. The second-order valence-corrected chi connectivity index (χ2v) is 10.0. The number of hydrogen-bond donors (Lipinski definition) is 0. The van der Waals surface area contributed by atoms with Gasteiger partial charge in [-0.2, -0.15) is 0 Å². The van der Waals surface area contributed by atoms with E-state index < -0.39 is 11.6 Å². The molecule has 0 amide bonds. The van der Waals surface area contributed by atoms with Gasteiger partial charge in [-0.3, -0.25) is 0 Å². The average molecular weight is 485 g/mol. The number of rotatable bonds is 10. The van der Waals surface area contributed by atoms with E-state index in [2.05, 4.69) is 25.3 Å². The fraction of sp³-hybridized carbons (Fsp3) is 0.516. The maximum absolute atomic E-state index is 14.9. The Bertz CT molecular complexity index is 989. The van der Waals surface area contributed by atoms with Crippen molar-refractivity contribution in [2.45, 2.75) is 77.6 Å². The topological polar surface area (TPSA) is 9.23 Å². The van der Waals surface area contributed by atoms with E-state index in [1.165, 1.54) is 13.2 Å². The van der Waals surface area contributed by atoms with Gasteiger partial charge in [0.1, 0.15) is 11.6 Å². The van der Waals surface area contributed by atoms with Crippen molar-refractivity contribution in [2.24, 2.45) is 17.8 Å². The lowest BCUT2D eigenvalue weighted by molar-refractivity contribution is 0.252. The van der Waals surface area contributed by atoms with Gasteiger partial charge in [0.2, 0.25) is 0 Å². The number of hydrogen-bond acceptors (Lipinski definition) is 1. The summed E-state index contributed by atoms with van der Waals surface area (Å²) in [6.07, 6.45) is 16.4. The van der Waals surface area contributed by atoms with Crippen molar-refractivity contribution in [3.8, 4) is 0 Å². The highest BCUT2D eigenvalue weighted by Crippen LogP contribution is 2.37. The second-order valence-electron chi connectivity index (χ2n) is 10.0. The van der Waals surface area contributed by atoms with Crippen LogP contribution in [0.25, 0.3) is 5.57 Å². The van der Waals surface area contributed by atoms with Crippen LogP contribution >= 0.6 is 0 Å². The molecule has 0 bridgehead atoms. The number of benzene rings is 1. The van der Waals surface area contributed by atoms with Crippen molar-refractivity contribution in [1.82, 2.24) is 0 Å². The molecule has 0 spiro atoms. The monoisotopic (exact) mass is 484 g/mol. The number of methoxy groups -OCH3 is 1. The van der Waals surface area contributed by atoms with E-state index in [-0.39, 0.29) is 5.83 Å². The third-order valence-electron chi connectivity index (χ3n) is 7.78. The maximum atomic E-state index is 14.9. The van der Waals surface area contributed by atoms with Gasteiger partial charge in [-0.15, -0.1) is 5.73 Å². The van der Waals surface area contributed by atoms with Gasteiger partial charge in [-0.25, -0.2) is 13.2 Å². The van der Waals surface area contributed by atoms with Gasteiger partial charge in [-0.05, 0) is 86.0 Å². The lowest BCUT2D eigenvalue weighted by atomic mass is 9.78. The Morgan fingerprint density at radius 2 is 1.83 bits per heavy atom. The quantitative estimate of drug-likeness (QED) is 0.183. The molecule has 3 rings (SSSR count). The standard InChI is InChI=1S/C31H39F3O/c1-4-6-7-28(35-3)21-27(32)20-24-10-8-23(9-11-24)14-17-26-18-19-29(31(34)30(26)33)25-15-12-22(5-2)13-16-25/h6-7,15,18-19,21-24H,1,5,8-14,16-17,20H2,2-3H3/b27-21+,28-7+. The molecule has 1 saturated carbocycles. The minimum absolute atomic E-state index is 0.185. The highest BCUT2D eigenvalue weighted by molar-refractivity contribution is 5.67. The van der Waals surface area contributed by atoms with Gasteiger partial charge in [0.25, 0.3) is 0 Å². The fourth-order valence-electron chi connectivity index (χ4n) is 5.42. The molecule has 1 unspecified atom stereocenters. The zero-order chi connectivity index (χ0) is 25.2. The van der Waals surface area contributed by atoms with Crippen LogP contribution in [0.5, 0.6) is 0 Å².